The van der Waals surface area contributed by atoms with E-state index in [1.807, 2.05) is 11.8 Å². The van der Waals surface area contributed by atoms with Gasteiger partial charge in [-0.05, 0) is 31.3 Å². The van der Waals surface area contributed by atoms with Crippen LogP contribution in [-0.2, 0) is 9.59 Å². The third-order valence-corrected chi connectivity index (χ3v) is 3.51. The van der Waals surface area contributed by atoms with E-state index in [1.54, 1.807) is 6.92 Å². The van der Waals surface area contributed by atoms with Crippen LogP contribution in [0.4, 0.5) is 0 Å². The van der Waals surface area contributed by atoms with Crippen molar-refractivity contribution >= 4 is 23.6 Å². The van der Waals surface area contributed by atoms with Gasteiger partial charge in [-0.1, -0.05) is 0 Å². The molecule has 86 valence electrons. The van der Waals surface area contributed by atoms with E-state index < -0.39 is 5.97 Å². The topological polar surface area (TPSA) is 66.4 Å². The van der Waals surface area contributed by atoms with E-state index in [1.165, 1.54) is 0 Å². The summed E-state index contributed by atoms with van der Waals surface area (Å²) in [4.78, 5) is 22.1. The highest BCUT2D eigenvalue weighted by atomic mass is 32.2. The minimum absolute atomic E-state index is 0.00674. The zero-order valence-corrected chi connectivity index (χ0v) is 9.68. The predicted molar refractivity (Wildman–Crippen MR) is 59.9 cm³/mol. The van der Waals surface area contributed by atoms with Gasteiger partial charge in [-0.3, -0.25) is 9.59 Å². The van der Waals surface area contributed by atoms with Crippen molar-refractivity contribution in [1.29, 1.82) is 0 Å². The summed E-state index contributed by atoms with van der Waals surface area (Å²) < 4.78 is 0. The predicted octanol–water partition coefficient (Wildman–Crippen LogP) is 1.11. The monoisotopic (exact) mass is 231 g/mol. The summed E-state index contributed by atoms with van der Waals surface area (Å²) in [6, 6.07) is -0.274. The van der Waals surface area contributed by atoms with E-state index in [9.17, 15) is 9.59 Å². The van der Waals surface area contributed by atoms with E-state index in [0.717, 1.165) is 24.3 Å². The fourth-order valence-corrected chi connectivity index (χ4v) is 2.74. The van der Waals surface area contributed by atoms with Gasteiger partial charge in [-0.2, -0.15) is 11.8 Å². The van der Waals surface area contributed by atoms with Crippen LogP contribution < -0.4 is 5.32 Å². The maximum absolute atomic E-state index is 11.7. The summed E-state index contributed by atoms with van der Waals surface area (Å²) in [5.41, 5.74) is 0. The molecule has 2 N–H and O–H groups in total. The van der Waals surface area contributed by atoms with Gasteiger partial charge in [0.25, 0.3) is 0 Å². The Bertz CT molecular complexity index is 239. The van der Waals surface area contributed by atoms with Crippen molar-refractivity contribution in [3.8, 4) is 0 Å². The molecule has 0 bridgehead atoms. The second-order valence-electron chi connectivity index (χ2n) is 3.89. The van der Waals surface area contributed by atoms with E-state index in [0.29, 0.717) is 0 Å². The highest BCUT2D eigenvalue weighted by molar-refractivity contribution is 7.99. The van der Waals surface area contributed by atoms with Crippen molar-refractivity contribution in [2.24, 2.45) is 5.92 Å². The van der Waals surface area contributed by atoms with Crippen molar-refractivity contribution in [1.82, 2.24) is 5.32 Å². The molecule has 1 heterocycles. The Morgan fingerprint density at radius 3 is 2.60 bits per heavy atom. The number of nitrogens with one attached hydrogen (secondary N) is 1. The first-order chi connectivity index (χ1) is 7.09. The average Bonchev–Trinajstić information content (AvgIpc) is 2.17. The van der Waals surface area contributed by atoms with Crippen molar-refractivity contribution in [2.75, 3.05) is 11.5 Å². The molecule has 0 radical (unpaired) electrons. The third-order valence-electron chi connectivity index (χ3n) is 2.46. The van der Waals surface area contributed by atoms with Crippen LogP contribution in [0.15, 0.2) is 0 Å². The van der Waals surface area contributed by atoms with Crippen LogP contribution >= 0.6 is 11.8 Å². The number of carbonyl (C=O) groups is 2. The number of aliphatic carboxylic acids is 1. The zero-order valence-electron chi connectivity index (χ0n) is 8.86. The molecular formula is C10H17NO3S. The first-order valence-electron chi connectivity index (χ1n) is 5.19. The summed E-state index contributed by atoms with van der Waals surface area (Å²) >= 11 is 1.87. The second-order valence-corrected chi connectivity index (χ2v) is 5.12. The van der Waals surface area contributed by atoms with Gasteiger partial charge in [0.05, 0.1) is 6.42 Å². The Hall–Kier alpha value is -0.710. The smallest absolute Gasteiger partial charge is 0.305 e. The number of carboxylic acid groups (broad SMARTS) is 1. The Balaban J connectivity index is 2.30. The van der Waals surface area contributed by atoms with Crippen LogP contribution in [-0.4, -0.2) is 34.5 Å². The number of hydrogen-bond acceptors (Lipinski definition) is 3. The van der Waals surface area contributed by atoms with E-state index >= 15 is 0 Å². The van der Waals surface area contributed by atoms with Crippen LogP contribution in [0.3, 0.4) is 0 Å². The second kappa shape index (κ2) is 6.00. The number of rotatable bonds is 4. The van der Waals surface area contributed by atoms with Crippen LogP contribution in [0, 0.1) is 5.92 Å². The zero-order chi connectivity index (χ0) is 11.3. The SMILES string of the molecule is CC(CC(=O)O)NC(=O)C1CCSCC1. The quantitative estimate of drug-likeness (QED) is 0.760. The standard InChI is InChI=1S/C10H17NO3S/c1-7(6-9(12)13)11-10(14)8-2-4-15-5-3-8/h7-8H,2-6H2,1H3,(H,11,14)(H,12,13). The van der Waals surface area contributed by atoms with Gasteiger partial charge in [-0.25, -0.2) is 0 Å². The molecule has 0 saturated carbocycles. The Morgan fingerprint density at radius 1 is 1.47 bits per heavy atom. The summed E-state index contributed by atoms with van der Waals surface area (Å²) in [6.07, 6.45) is 1.82. The molecule has 4 nitrogen and oxygen atoms in total. The van der Waals surface area contributed by atoms with Crippen LogP contribution in [0.2, 0.25) is 0 Å². The number of amides is 1. The summed E-state index contributed by atoms with van der Waals surface area (Å²) in [5, 5.41) is 11.3. The lowest BCUT2D eigenvalue weighted by molar-refractivity contribution is -0.137. The molecule has 0 aromatic carbocycles. The minimum Gasteiger partial charge on any atom is -0.481 e. The van der Waals surface area contributed by atoms with Crippen LogP contribution in [0.5, 0.6) is 0 Å². The van der Waals surface area contributed by atoms with Gasteiger partial charge >= 0.3 is 5.97 Å². The molecule has 1 unspecified atom stereocenters. The molecule has 1 rings (SSSR count). The summed E-state index contributed by atoms with van der Waals surface area (Å²) in [6.45, 7) is 1.73. The fourth-order valence-electron chi connectivity index (χ4n) is 1.63. The maximum Gasteiger partial charge on any atom is 0.305 e. The van der Waals surface area contributed by atoms with E-state index in [-0.39, 0.29) is 24.3 Å². The van der Waals surface area contributed by atoms with Gasteiger partial charge in [0.1, 0.15) is 0 Å². The molecule has 15 heavy (non-hydrogen) atoms. The van der Waals surface area contributed by atoms with Gasteiger partial charge in [-0.15, -0.1) is 0 Å². The number of carbonyl (C=O) groups excluding carboxylic acids is 1. The fraction of sp³-hybridized carbons (Fsp3) is 0.800. The van der Waals surface area contributed by atoms with E-state index in [2.05, 4.69) is 5.32 Å². The lowest BCUT2D eigenvalue weighted by Crippen LogP contribution is -2.39. The molecular weight excluding hydrogens is 214 g/mol. The first-order valence-corrected chi connectivity index (χ1v) is 6.35. The minimum atomic E-state index is -0.873. The summed E-state index contributed by atoms with van der Waals surface area (Å²) in [5.74, 6) is 1.30. The molecule has 0 aromatic rings. The van der Waals surface area contributed by atoms with Crippen molar-refractivity contribution in [3.63, 3.8) is 0 Å². The molecule has 1 aliphatic heterocycles. The Labute approximate surface area is 93.8 Å². The highest BCUT2D eigenvalue weighted by Crippen LogP contribution is 2.22. The first kappa shape index (κ1) is 12.4. The molecule has 0 aromatic heterocycles. The molecule has 5 heteroatoms. The molecule has 0 aliphatic carbocycles. The molecule has 1 fully saturated rings. The largest absolute Gasteiger partial charge is 0.481 e. The molecule has 1 saturated heterocycles. The number of carboxylic acids is 1. The lowest BCUT2D eigenvalue weighted by atomic mass is 10.0. The van der Waals surface area contributed by atoms with Crippen LogP contribution in [0.1, 0.15) is 26.2 Å². The molecule has 1 amide bonds. The Kier molecular flexibility index (Phi) is 4.94. The van der Waals surface area contributed by atoms with Crippen molar-refractivity contribution in [2.45, 2.75) is 32.2 Å². The average molecular weight is 231 g/mol. The van der Waals surface area contributed by atoms with Crippen LogP contribution in [0.25, 0.3) is 0 Å². The normalized spacial score (nSPS) is 19.5. The Morgan fingerprint density at radius 2 is 2.07 bits per heavy atom. The lowest BCUT2D eigenvalue weighted by Gasteiger charge is -2.22. The van der Waals surface area contributed by atoms with Crippen molar-refractivity contribution in [3.05, 3.63) is 0 Å². The highest BCUT2D eigenvalue weighted by Gasteiger charge is 2.22. The van der Waals surface area contributed by atoms with Crippen molar-refractivity contribution < 1.29 is 14.7 Å². The number of hydrogen-bond donors (Lipinski definition) is 2. The number of thioether (sulfide) groups is 1. The summed E-state index contributed by atoms with van der Waals surface area (Å²) in [7, 11) is 0. The van der Waals surface area contributed by atoms with Gasteiger partial charge in [0.2, 0.25) is 5.91 Å². The van der Waals surface area contributed by atoms with Gasteiger partial charge in [0.15, 0.2) is 0 Å². The third kappa shape index (κ3) is 4.55. The van der Waals surface area contributed by atoms with Gasteiger partial charge < -0.3 is 10.4 Å². The molecule has 1 atom stereocenters. The van der Waals surface area contributed by atoms with E-state index in [4.69, 9.17) is 5.11 Å². The maximum atomic E-state index is 11.7. The van der Waals surface area contributed by atoms with Gasteiger partial charge in [0, 0.05) is 12.0 Å². The molecule has 1 aliphatic rings. The molecule has 0 spiro atoms.